The number of carbonyl (C=O) groups excluding carboxylic acids is 1. The first-order valence-electron chi connectivity index (χ1n) is 10.6. The van der Waals surface area contributed by atoms with Gasteiger partial charge < -0.3 is 24.4 Å². The predicted molar refractivity (Wildman–Crippen MR) is 107 cm³/mol. The molecule has 2 aliphatic rings. The van der Waals surface area contributed by atoms with Gasteiger partial charge in [-0.15, -0.1) is 0 Å². The quantitative estimate of drug-likeness (QED) is 0.609. The Kier molecular flexibility index (Phi) is 6.09. The summed E-state index contributed by atoms with van der Waals surface area (Å²) >= 11 is 0. The van der Waals surface area contributed by atoms with Gasteiger partial charge in [0.2, 0.25) is 5.82 Å². The summed E-state index contributed by atoms with van der Waals surface area (Å²) in [5.74, 6) is -6.69. The van der Waals surface area contributed by atoms with Crippen LogP contribution in [-0.2, 0) is 9.53 Å². The fourth-order valence-corrected chi connectivity index (χ4v) is 4.38. The molecular weight excluding hydrogens is 467 g/mol. The minimum absolute atomic E-state index is 0.130. The van der Waals surface area contributed by atoms with Gasteiger partial charge in [-0.3, -0.25) is 4.79 Å². The normalized spacial score (nSPS) is 31.3. The van der Waals surface area contributed by atoms with Crippen LogP contribution in [0.3, 0.4) is 0 Å². The van der Waals surface area contributed by atoms with Crippen molar-refractivity contribution in [1.29, 1.82) is 0 Å². The Hall–Kier alpha value is -2.73. The zero-order valence-electron chi connectivity index (χ0n) is 18.5. The van der Waals surface area contributed by atoms with E-state index in [1.165, 1.54) is 20.0 Å². The molecule has 1 aliphatic heterocycles. The number of nitrogens with zero attached hydrogens (tertiary/aromatic N) is 1. The average Bonchev–Trinajstić information content (AvgIpc) is 3.25. The van der Waals surface area contributed by atoms with Crippen LogP contribution in [0, 0.1) is 24.5 Å². The van der Waals surface area contributed by atoms with Gasteiger partial charge in [0, 0.05) is 30.2 Å². The second kappa shape index (κ2) is 8.49. The summed E-state index contributed by atoms with van der Waals surface area (Å²) in [6.07, 6.45) is -6.43. The number of anilines is 1. The number of aliphatic hydroxyl groups excluding tert-OH is 1. The first kappa shape index (κ1) is 24.4. The third kappa shape index (κ3) is 4.02. The van der Waals surface area contributed by atoms with Crippen molar-refractivity contribution in [3.8, 4) is 5.75 Å². The van der Waals surface area contributed by atoms with E-state index in [0.717, 1.165) is 19.1 Å². The number of aromatic nitrogens is 1. The smallest absolute Gasteiger partial charge is 0.417 e. The highest BCUT2D eigenvalue weighted by Gasteiger charge is 2.66. The second-order valence-corrected chi connectivity index (χ2v) is 8.89. The molecule has 1 aromatic heterocycles. The zero-order valence-corrected chi connectivity index (χ0v) is 18.5. The maximum Gasteiger partial charge on any atom is 0.417 e. The Balaban J connectivity index is 1.77. The number of rotatable bonds is 5. The first-order chi connectivity index (χ1) is 15.8. The van der Waals surface area contributed by atoms with Crippen molar-refractivity contribution in [1.82, 2.24) is 5.16 Å². The third-order valence-corrected chi connectivity index (χ3v) is 6.73. The van der Waals surface area contributed by atoms with Gasteiger partial charge in [-0.25, -0.2) is 4.39 Å². The van der Waals surface area contributed by atoms with Gasteiger partial charge in [0.25, 0.3) is 5.91 Å². The highest BCUT2D eigenvalue weighted by Crippen LogP contribution is 2.55. The van der Waals surface area contributed by atoms with Gasteiger partial charge in [-0.2, -0.15) is 17.6 Å². The van der Waals surface area contributed by atoms with Crippen molar-refractivity contribution in [3.63, 3.8) is 0 Å². The number of amides is 1. The topological polar surface area (TPSA) is 93.8 Å². The van der Waals surface area contributed by atoms with Crippen LogP contribution in [0.2, 0.25) is 0 Å². The van der Waals surface area contributed by atoms with Crippen LogP contribution < -0.4 is 10.1 Å². The molecule has 2 fully saturated rings. The van der Waals surface area contributed by atoms with Gasteiger partial charge >= 0.3 is 6.18 Å². The molecule has 1 saturated carbocycles. The molecule has 0 radical (unpaired) electrons. The van der Waals surface area contributed by atoms with Crippen molar-refractivity contribution in [2.24, 2.45) is 5.92 Å². The van der Waals surface area contributed by atoms with Crippen LogP contribution in [-0.4, -0.2) is 46.3 Å². The number of aliphatic hydroxyl groups is 1. The Morgan fingerprint density at radius 2 is 1.97 bits per heavy atom. The summed E-state index contributed by atoms with van der Waals surface area (Å²) in [5.41, 5.74) is -2.77. The highest BCUT2D eigenvalue weighted by atomic mass is 19.4. The molecule has 186 valence electrons. The molecule has 0 unspecified atom stereocenters. The fraction of sp³-hybridized carbons (Fsp3) is 0.545. The second-order valence-electron chi connectivity index (χ2n) is 8.89. The van der Waals surface area contributed by atoms with Crippen LogP contribution in [0.1, 0.15) is 43.9 Å². The molecule has 0 bridgehead atoms. The lowest BCUT2D eigenvalue weighted by molar-refractivity contribution is -0.272. The van der Waals surface area contributed by atoms with E-state index in [2.05, 4.69) is 10.5 Å². The van der Waals surface area contributed by atoms with Crippen molar-refractivity contribution in [2.45, 2.75) is 69.6 Å². The molecule has 4 rings (SSSR count). The number of halogens is 5. The van der Waals surface area contributed by atoms with E-state index in [1.54, 1.807) is 0 Å². The molecule has 1 aromatic carbocycles. The molecule has 1 aliphatic carbocycles. The molecule has 0 spiro atoms. The minimum atomic E-state index is -4.87. The molecule has 7 nitrogen and oxygen atoms in total. The van der Waals surface area contributed by atoms with Crippen molar-refractivity contribution in [2.75, 3.05) is 5.32 Å². The van der Waals surface area contributed by atoms with E-state index in [4.69, 9.17) is 14.0 Å². The summed E-state index contributed by atoms with van der Waals surface area (Å²) in [4.78, 5) is 13.1. The molecule has 12 heteroatoms. The number of ether oxygens (including phenoxy) is 2. The van der Waals surface area contributed by atoms with E-state index in [1.807, 2.05) is 0 Å². The summed E-state index contributed by atoms with van der Waals surface area (Å²) < 4.78 is 86.8. The number of hydrogen-bond acceptors (Lipinski definition) is 6. The van der Waals surface area contributed by atoms with Crippen LogP contribution in [0.4, 0.5) is 27.6 Å². The van der Waals surface area contributed by atoms with E-state index >= 15 is 0 Å². The largest absolute Gasteiger partial charge is 0.487 e. The Morgan fingerprint density at radius 3 is 2.53 bits per heavy atom. The SMILES string of the molecule is Cc1oncc1NC(=O)[C@@H]1O[C@@](C)(C(F)(F)F)[C@@H](C)[C@H]1c1ccc(F)c(F)c1OC1CC(O)C1. The number of benzene rings is 1. The molecule has 1 saturated heterocycles. The predicted octanol–water partition coefficient (Wildman–Crippen LogP) is 4.24. The lowest BCUT2D eigenvalue weighted by atomic mass is 9.76. The summed E-state index contributed by atoms with van der Waals surface area (Å²) in [5, 5.41) is 15.4. The Morgan fingerprint density at radius 1 is 1.29 bits per heavy atom. The number of nitrogens with one attached hydrogen (secondary N) is 1. The molecule has 34 heavy (non-hydrogen) atoms. The van der Waals surface area contributed by atoms with Crippen LogP contribution in [0.5, 0.6) is 5.75 Å². The molecule has 1 amide bonds. The highest BCUT2D eigenvalue weighted by molar-refractivity contribution is 5.95. The standard InChI is InChI=1S/C22H23F5N2O5/c1-9-16(13-4-5-14(23)17(24)18(13)32-12-6-11(30)7-12)19(33-21(9,3)22(25,26)27)20(31)29-15-8-28-34-10(15)2/h4-5,8-9,11-12,16,19,30H,6-7H2,1-3H3,(H,29,31)/t9-,11?,12?,16-,19+,21+/m0/s1. The molecule has 2 aromatic rings. The van der Waals surface area contributed by atoms with Gasteiger partial charge in [-0.05, 0) is 19.9 Å². The summed E-state index contributed by atoms with van der Waals surface area (Å²) in [6.45, 7) is 3.53. The van der Waals surface area contributed by atoms with E-state index in [0.29, 0.717) is 0 Å². The number of hydrogen-bond donors (Lipinski definition) is 2. The van der Waals surface area contributed by atoms with E-state index < -0.39 is 65.2 Å². The minimum Gasteiger partial charge on any atom is -0.487 e. The lowest BCUT2D eigenvalue weighted by Crippen LogP contribution is -2.47. The molecule has 2 heterocycles. The van der Waals surface area contributed by atoms with Crippen LogP contribution in [0.15, 0.2) is 22.9 Å². The molecular formula is C22H23F5N2O5. The Labute approximate surface area is 191 Å². The van der Waals surface area contributed by atoms with Gasteiger partial charge in [-0.1, -0.05) is 18.1 Å². The summed E-state index contributed by atoms with van der Waals surface area (Å²) in [7, 11) is 0. The molecule has 2 N–H and O–H groups in total. The third-order valence-electron chi connectivity index (χ3n) is 6.73. The zero-order chi connectivity index (χ0) is 25.0. The first-order valence-corrected chi connectivity index (χ1v) is 10.6. The van der Waals surface area contributed by atoms with Gasteiger partial charge in [0.15, 0.2) is 22.9 Å². The number of alkyl halides is 3. The summed E-state index contributed by atoms with van der Waals surface area (Å²) in [6, 6.07) is 1.86. The molecule has 4 atom stereocenters. The Bertz CT molecular complexity index is 1080. The van der Waals surface area contributed by atoms with Crippen LogP contribution in [0.25, 0.3) is 0 Å². The van der Waals surface area contributed by atoms with Crippen molar-refractivity contribution in [3.05, 3.63) is 41.3 Å². The van der Waals surface area contributed by atoms with E-state index in [9.17, 15) is 31.9 Å². The van der Waals surface area contributed by atoms with Crippen LogP contribution >= 0.6 is 0 Å². The van der Waals surface area contributed by atoms with Gasteiger partial charge in [0.05, 0.1) is 12.3 Å². The number of carbonyl (C=O) groups is 1. The maximum absolute atomic E-state index is 14.8. The van der Waals surface area contributed by atoms with Crippen molar-refractivity contribution < 1.29 is 45.8 Å². The number of aryl methyl sites for hydroxylation is 1. The van der Waals surface area contributed by atoms with E-state index in [-0.39, 0.29) is 29.9 Å². The average molecular weight is 490 g/mol. The monoisotopic (exact) mass is 490 g/mol. The van der Waals surface area contributed by atoms with Gasteiger partial charge in [0.1, 0.15) is 17.9 Å². The van der Waals surface area contributed by atoms with Crippen molar-refractivity contribution >= 4 is 11.6 Å². The maximum atomic E-state index is 14.8. The fourth-order valence-electron chi connectivity index (χ4n) is 4.38. The lowest BCUT2D eigenvalue weighted by Gasteiger charge is -2.34.